The maximum absolute atomic E-state index is 14.2. The van der Waals surface area contributed by atoms with Crippen molar-refractivity contribution >= 4 is 23.0 Å². The molecule has 4 rings (SSSR count). The second-order valence-electron chi connectivity index (χ2n) is 6.72. The molecule has 0 aliphatic rings. The zero-order valence-corrected chi connectivity index (χ0v) is 15.9. The number of nitrogens with one attached hydrogen (secondary N) is 1. The molecular formula is C23H20FN3O2. The van der Waals surface area contributed by atoms with Crippen LogP contribution in [0.4, 0.5) is 4.39 Å². The number of imidazole rings is 1. The van der Waals surface area contributed by atoms with Crippen molar-refractivity contribution in [3.63, 3.8) is 0 Å². The Labute approximate surface area is 167 Å². The molecule has 0 saturated carbocycles. The Morgan fingerprint density at radius 1 is 1.17 bits per heavy atom. The van der Waals surface area contributed by atoms with Gasteiger partial charge < -0.3 is 14.3 Å². The van der Waals surface area contributed by atoms with E-state index in [1.54, 1.807) is 36.6 Å². The SMILES string of the molecule is C[C@H](NC(=O)/C=C/c1ccco1)c1nc2ccccc2n1Cc1ccccc1F. The van der Waals surface area contributed by atoms with E-state index in [1.807, 2.05) is 41.8 Å². The average molecular weight is 389 g/mol. The van der Waals surface area contributed by atoms with Crippen molar-refractivity contribution in [3.8, 4) is 0 Å². The highest BCUT2D eigenvalue weighted by Gasteiger charge is 2.18. The molecule has 0 saturated heterocycles. The van der Waals surface area contributed by atoms with Crippen LogP contribution in [0.3, 0.4) is 0 Å². The predicted octanol–water partition coefficient (Wildman–Crippen LogP) is 4.71. The molecular weight excluding hydrogens is 369 g/mol. The number of para-hydroxylation sites is 2. The van der Waals surface area contributed by atoms with Crippen LogP contribution >= 0.6 is 0 Å². The van der Waals surface area contributed by atoms with E-state index >= 15 is 0 Å². The summed E-state index contributed by atoms with van der Waals surface area (Å²) >= 11 is 0. The first-order valence-electron chi connectivity index (χ1n) is 9.32. The Morgan fingerprint density at radius 3 is 2.76 bits per heavy atom. The summed E-state index contributed by atoms with van der Waals surface area (Å²) in [6, 6.07) is 17.5. The minimum absolute atomic E-state index is 0.265. The minimum atomic E-state index is -0.372. The monoisotopic (exact) mass is 389 g/mol. The molecule has 0 aliphatic carbocycles. The largest absolute Gasteiger partial charge is 0.465 e. The zero-order valence-electron chi connectivity index (χ0n) is 15.9. The lowest BCUT2D eigenvalue weighted by Gasteiger charge is -2.16. The van der Waals surface area contributed by atoms with Gasteiger partial charge in [-0.05, 0) is 43.3 Å². The number of halogens is 1. The van der Waals surface area contributed by atoms with Gasteiger partial charge >= 0.3 is 0 Å². The van der Waals surface area contributed by atoms with Crippen LogP contribution in [0.25, 0.3) is 17.1 Å². The molecule has 0 unspecified atom stereocenters. The standard InChI is InChI=1S/C23H20FN3O2/c1-16(25-22(28)13-12-18-8-6-14-29-18)23-26-20-10-4-5-11-21(20)27(23)15-17-7-2-3-9-19(17)24/h2-14,16H,15H2,1H3,(H,25,28)/b13-12+/t16-/m0/s1. The highest BCUT2D eigenvalue weighted by atomic mass is 19.1. The molecule has 2 aromatic heterocycles. The summed E-state index contributed by atoms with van der Waals surface area (Å²) in [6.45, 7) is 2.18. The van der Waals surface area contributed by atoms with Gasteiger partial charge in [0.05, 0.1) is 29.9 Å². The molecule has 0 fully saturated rings. The number of rotatable bonds is 6. The van der Waals surface area contributed by atoms with Crippen LogP contribution in [-0.4, -0.2) is 15.5 Å². The number of furan rings is 1. The second kappa shape index (κ2) is 8.14. The molecule has 0 bridgehead atoms. The lowest BCUT2D eigenvalue weighted by atomic mass is 10.2. The van der Waals surface area contributed by atoms with Crippen molar-refractivity contribution in [1.29, 1.82) is 0 Å². The molecule has 2 aromatic carbocycles. The van der Waals surface area contributed by atoms with E-state index in [9.17, 15) is 9.18 Å². The molecule has 146 valence electrons. The van der Waals surface area contributed by atoms with Gasteiger partial charge in [-0.1, -0.05) is 30.3 Å². The Morgan fingerprint density at radius 2 is 1.97 bits per heavy atom. The van der Waals surface area contributed by atoms with Gasteiger partial charge in [0.15, 0.2) is 0 Å². The predicted molar refractivity (Wildman–Crippen MR) is 110 cm³/mol. The smallest absolute Gasteiger partial charge is 0.244 e. The quantitative estimate of drug-likeness (QED) is 0.486. The molecule has 6 heteroatoms. The summed E-state index contributed by atoms with van der Waals surface area (Å²) in [7, 11) is 0. The third-order valence-corrected chi connectivity index (χ3v) is 4.66. The second-order valence-corrected chi connectivity index (χ2v) is 6.72. The molecule has 1 amide bonds. The minimum Gasteiger partial charge on any atom is -0.465 e. The van der Waals surface area contributed by atoms with Crippen LogP contribution < -0.4 is 5.32 Å². The molecule has 1 N–H and O–H groups in total. The fourth-order valence-electron chi connectivity index (χ4n) is 3.26. The number of fused-ring (bicyclic) bond motifs is 1. The van der Waals surface area contributed by atoms with Crippen molar-refractivity contribution in [3.05, 3.63) is 96.0 Å². The summed E-state index contributed by atoms with van der Waals surface area (Å²) < 4.78 is 21.4. The molecule has 1 atom stereocenters. The average Bonchev–Trinajstić information content (AvgIpc) is 3.36. The van der Waals surface area contributed by atoms with E-state index < -0.39 is 0 Å². The van der Waals surface area contributed by atoms with Crippen molar-refractivity contribution in [2.24, 2.45) is 0 Å². The molecule has 4 aromatic rings. The molecule has 0 spiro atoms. The molecule has 5 nitrogen and oxygen atoms in total. The Balaban J connectivity index is 1.62. The Bertz CT molecular complexity index is 1160. The number of hydrogen-bond acceptors (Lipinski definition) is 3. The van der Waals surface area contributed by atoms with Crippen molar-refractivity contribution in [1.82, 2.24) is 14.9 Å². The third kappa shape index (κ3) is 4.11. The fourth-order valence-corrected chi connectivity index (χ4v) is 3.26. The molecule has 29 heavy (non-hydrogen) atoms. The van der Waals surface area contributed by atoms with E-state index in [4.69, 9.17) is 4.42 Å². The number of aromatic nitrogens is 2. The van der Waals surface area contributed by atoms with E-state index in [-0.39, 0.29) is 17.8 Å². The van der Waals surface area contributed by atoms with Gasteiger partial charge in [-0.2, -0.15) is 0 Å². The fraction of sp³-hybridized carbons (Fsp3) is 0.130. The Hall–Kier alpha value is -3.67. The van der Waals surface area contributed by atoms with E-state index in [1.165, 1.54) is 12.1 Å². The van der Waals surface area contributed by atoms with Gasteiger partial charge in [0, 0.05) is 11.6 Å². The third-order valence-electron chi connectivity index (χ3n) is 4.66. The molecule has 2 heterocycles. The number of carbonyl (C=O) groups excluding carboxylic acids is 1. The van der Waals surface area contributed by atoms with Crippen molar-refractivity contribution in [2.75, 3.05) is 0 Å². The highest BCUT2D eigenvalue weighted by molar-refractivity contribution is 5.91. The summed E-state index contributed by atoms with van der Waals surface area (Å²) in [6.07, 6.45) is 4.56. The van der Waals surface area contributed by atoms with Crippen LogP contribution in [0.5, 0.6) is 0 Å². The first-order valence-corrected chi connectivity index (χ1v) is 9.32. The number of hydrogen-bond donors (Lipinski definition) is 1. The van der Waals surface area contributed by atoms with Crippen LogP contribution in [0, 0.1) is 5.82 Å². The Kier molecular flexibility index (Phi) is 5.24. The number of carbonyl (C=O) groups is 1. The maximum Gasteiger partial charge on any atom is 0.244 e. The van der Waals surface area contributed by atoms with E-state index in [0.29, 0.717) is 23.7 Å². The topological polar surface area (TPSA) is 60.1 Å². The summed E-state index contributed by atoms with van der Waals surface area (Å²) in [4.78, 5) is 17.0. The van der Waals surface area contributed by atoms with Gasteiger partial charge in [0.1, 0.15) is 17.4 Å². The van der Waals surface area contributed by atoms with Gasteiger partial charge in [0.2, 0.25) is 5.91 Å². The first kappa shape index (κ1) is 18.7. The zero-order chi connectivity index (χ0) is 20.2. The van der Waals surface area contributed by atoms with Gasteiger partial charge in [0.25, 0.3) is 0 Å². The summed E-state index contributed by atoms with van der Waals surface area (Å²) in [5.41, 5.74) is 2.25. The lowest BCUT2D eigenvalue weighted by Crippen LogP contribution is -2.27. The number of nitrogens with zero attached hydrogens (tertiary/aromatic N) is 2. The van der Waals surface area contributed by atoms with E-state index in [2.05, 4.69) is 10.3 Å². The number of benzene rings is 2. The first-order chi connectivity index (χ1) is 14.1. The molecule has 0 radical (unpaired) electrons. The van der Waals surface area contributed by atoms with Gasteiger partial charge in [-0.3, -0.25) is 4.79 Å². The van der Waals surface area contributed by atoms with E-state index in [0.717, 1.165) is 11.0 Å². The highest BCUT2D eigenvalue weighted by Crippen LogP contribution is 2.23. The van der Waals surface area contributed by atoms with Gasteiger partial charge in [-0.25, -0.2) is 9.37 Å². The van der Waals surface area contributed by atoms with Crippen LogP contribution in [0.1, 0.15) is 30.1 Å². The van der Waals surface area contributed by atoms with Crippen molar-refractivity contribution < 1.29 is 13.6 Å². The maximum atomic E-state index is 14.2. The van der Waals surface area contributed by atoms with Crippen LogP contribution in [-0.2, 0) is 11.3 Å². The van der Waals surface area contributed by atoms with Crippen LogP contribution in [0.2, 0.25) is 0 Å². The van der Waals surface area contributed by atoms with Crippen LogP contribution in [0.15, 0.2) is 77.4 Å². The number of amides is 1. The molecule has 0 aliphatic heterocycles. The summed E-state index contributed by atoms with van der Waals surface area (Å²) in [5, 5.41) is 2.92. The lowest BCUT2D eigenvalue weighted by molar-refractivity contribution is -0.117. The van der Waals surface area contributed by atoms with Gasteiger partial charge in [-0.15, -0.1) is 0 Å². The van der Waals surface area contributed by atoms with Crippen molar-refractivity contribution in [2.45, 2.75) is 19.5 Å². The summed E-state index contributed by atoms with van der Waals surface area (Å²) in [5.74, 6) is 0.724. The normalized spacial score (nSPS) is 12.5.